The fourth-order valence-corrected chi connectivity index (χ4v) is 4.96. The largest absolute Gasteiger partial charge is 0.355 e. The number of rotatable bonds is 6. The Balaban J connectivity index is 1.52. The molecule has 1 unspecified atom stereocenters. The van der Waals surface area contributed by atoms with Crippen LogP contribution in [0, 0.1) is 11.8 Å². The molecule has 6 nitrogen and oxygen atoms in total. The van der Waals surface area contributed by atoms with Crippen molar-refractivity contribution >= 4 is 5.91 Å². The minimum atomic E-state index is -0.358. The molecule has 25 heavy (non-hydrogen) atoms. The number of ether oxygens (including phenoxy) is 2. The predicted molar refractivity (Wildman–Crippen MR) is 97.3 cm³/mol. The van der Waals surface area contributed by atoms with Gasteiger partial charge in [-0.15, -0.1) is 0 Å². The zero-order chi connectivity index (χ0) is 17.9. The molecule has 3 fully saturated rings. The molecular formula is C19H35N3O3. The number of likely N-dealkylation sites (tertiary alicyclic amines) is 1. The number of hydrogen-bond acceptors (Lipinski definition) is 5. The average Bonchev–Trinajstić information content (AvgIpc) is 3.05. The summed E-state index contributed by atoms with van der Waals surface area (Å²) in [6.07, 6.45) is 3.99. The van der Waals surface area contributed by atoms with Crippen LogP contribution in [0.2, 0.25) is 0 Å². The van der Waals surface area contributed by atoms with Gasteiger partial charge in [-0.05, 0) is 38.9 Å². The van der Waals surface area contributed by atoms with Crippen LogP contribution in [0.3, 0.4) is 0 Å². The second kappa shape index (κ2) is 8.33. The summed E-state index contributed by atoms with van der Waals surface area (Å²) < 4.78 is 11.9. The highest BCUT2D eigenvalue weighted by atomic mass is 16.7. The SMILES string of the molecule is CCN(CC)CCNC(=O)[C@@H]1CC2CC3(CC[C@H]2N(C)C1)OCCO3. The lowest BCUT2D eigenvalue weighted by Crippen LogP contribution is -2.55. The molecule has 3 atom stereocenters. The van der Waals surface area contributed by atoms with Gasteiger partial charge in [0.25, 0.3) is 0 Å². The summed E-state index contributed by atoms with van der Waals surface area (Å²) in [5, 5.41) is 3.16. The Kier molecular flexibility index (Phi) is 6.36. The number of likely N-dealkylation sites (N-methyl/N-ethyl adjacent to an activating group) is 1. The van der Waals surface area contributed by atoms with Crippen molar-refractivity contribution in [2.24, 2.45) is 11.8 Å². The van der Waals surface area contributed by atoms with Crippen LogP contribution in [0.15, 0.2) is 0 Å². The van der Waals surface area contributed by atoms with Crippen LogP contribution in [-0.2, 0) is 14.3 Å². The van der Waals surface area contributed by atoms with Crippen molar-refractivity contribution < 1.29 is 14.3 Å². The smallest absolute Gasteiger partial charge is 0.224 e. The van der Waals surface area contributed by atoms with Crippen LogP contribution < -0.4 is 5.32 Å². The number of nitrogens with one attached hydrogen (secondary N) is 1. The fourth-order valence-electron chi connectivity index (χ4n) is 4.96. The van der Waals surface area contributed by atoms with Crippen LogP contribution in [0.4, 0.5) is 0 Å². The standard InChI is InChI=1S/C19H35N3O3/c1-4-22(5-2)9-8-20-18(23)16-12-15-13-19(24-10-11-25-19)7-6-17(15)21(3)14-16/h15-17H,4-14H2,1-3H3,(H,20,23)/t15?,16-,17-/m1/s1. The molecule has 1 saturated carbocycles. The lowest BCUT2D eigenvalue weighted by molar-refractivity contribution is -0.202. The molecule has 2 aliphatic heterocycles. The quantitative estimate of drug-likeness (QED) is 0.780. The maximum Gasteiger partial charge on any atom is 0.224 e. The van der Waals surface area contributed by atoms with Crippen LogP contribution in [0.1, 0.15) is 39.5 Å². The number of nitrogens with zero attached hydrogens (tertiary/aromatic N) is 2. The van der Waals surface area contributed by atoms with Gasteiger partial charge < -0.3 is 24.6 Å². The Bertz CT molecular complexity index is 449. The van der Waals surface area contributed by atoms with Crippen molar-refractivity contribution in [3.05, 3.63) is 0 Å². The molecule has 1 aliphatic carbocycles. The number of piperidine rings is 1. The molecule has 0 radical (unpaired) electrons. The summed E-state index contributed by atoms with van der Waals surface area (Å²) in [4.78, 5) is 17.4. The maximum atomic E-state index is 12.7. The van der Waals surface area contributed by atoms with E-state index in [2.05, 4.69) is 36.0 Å². The Hall–Kier alpha value is -0.690. The molecule has 0 aromatic carbocycles. The first kappa shape index (κ1) is 19.1. The molecule has 0 bridgehead atoms. The van der Waals surface area contributed by atoms with Gasteiger partial charge in [-0.3, -0.25) is 4.79 Å². The highest BCUT2D eigenvalue weighted by Crippen LogP contribution is 2.44. The fraction of sp³-hybridized carbons (Fsp3) is 0.947. The van der Waals surface area contributed by atoms with Crippen molar-refractivity contribution in [3.63, 3.8) is 0 Å². The van der Waals surface area contributed by atoms with E-state index in [1.807, 2.05) is 0 Å². The Morgan fingerprint density at radius 1 is 1.28 bits per heavy atom. The Labute approximate surface area is 152 Å². The molecule has 144 valence electrons. The van der Waals surface area contributed by atoms with E-state index in [-0.39, 0.29) is 17.6 Å². The second-order valence-electron chi connectivity index (χ2n) is 7.87. The van der Waals surface area contributed by atoms with E-state index in [4.69, 9.17) is 9.47 Å². The summed E-state index contributed by atoms with van der Waals surface area (Å²) in [5.41, 5.74) is 0. The van der Waals surface area contributed by atoms with Crippen molar-refractivity contribution in [1.29, 1.82) is 0 Å². The van der Waals surface area contributed by atoms with Gasteiger partial charge >= 0.3 is 0 Å². The van der Waals surface area contributed by atoms with Crippen molar-refractivity contribution in [3.8, 4) is 0 Å². The van der Waals surface area contributed by atoms with Gasteiger partial charge in [0.05, 0.1) is 19.1 Å². The molecule has 3 aliphatic rings. The number of carbonyl (C=O) groups excluding carboxylic acids is 1. The van der Waals surface area contributed by atoms with E-state index in [0.29, 0.717) is 25.2 Å². The molecular weight excluding hydrogens is 318 g/mol. The van der Waals surface area contributed by atoms with E-state index >= 15 is 0 Å². The maximum absolute atomic E-state index is 12.7. The minimum absolute atomic E-state index is 0.0829. The summed E-state index contributed by atoms with van der Waals surface area (Å²) in [7, 11) is 2.17. The van der Waals surface area contributed by atoms with Crippen LogP contribution in [-0.4, -0.2) is 80.5 Å². The molecule has 6 heteroatoms. The predicted octanol–water partition coefficient (Wildman–Crippen LogP) is 1.31. The van der Waals surface area contributed by atoms with Crippen molar-refractivity contribution in [2.75, 3.05) is 53.0 Å². The summed E-state index contributed by atoms with van der Waals surface area (Å²) >= 11 is 0. The molecule has 0 aromatic rings. The van der Waals surface area contributed by atoms with Gasteiger partial charge in [-0.25, -0.2) is 0 Å². The number of carbonyl (C=O) groups is 1. The molecule has 2 saturated heterocycles. The topological polar surface area (TPSA) is 54.0 Å². The minimum Gasteiger partial charge on any atom is -0.355 e. The van der Waals surface area contributed by atoms with Gasteiger partial charge in [-0.2, -0.15) is 0 Å². The molecule has 1 spiro atoms. The van der Waals surface area contributed by atoms with Crippen LogP contribution in [0.5, 0.6) is 0 Å². The summed E-state index contributed by atoms with van der Waals surface area (Å²) in [5.74, 6) is 0.428. The van der Waals surface area contributed by atoms with Gasteiger partial charge in [0.2, 0.25) is 5.91 Å². The zero-order valence-electron chi connectivity index (χ0n) is 16.1. The normalized spacial score (nSPS) is 32.1. The number of hydrogen-bond donors (Lipinski definition) is 1. The van der Waals surface area contributed by atoms with Crippen molar-refractivity contribution in [1.82, 2.24) is 15.1 Å². The monoisotopic (exact) mass is 353 g/mol. The van der Waals surface area contributed by atoms with Gasteiger partial charge in [-0.1, -0.05) is 13.8 Å². The lowest BCUT2D eigenvalue weighted by Gasteiger charge is -2.49. The molecule has 2 heterocycles. The number of fused-ring (bicyclic) bond motifs is 1. The Morgan fingerprint density at radius 3 is 2.68 bits per heavy atom. The van der Waals surface area contributed by atoms with Crippen LogP contribution in [0.25, 0.3) is 0 Å². The van der Waals surface area contributed by atoms with E-state index in [0.717, 1.165) is 58.4 Å². The first-order chi connectivity index (χ1) is 12.1. The number of amides is 1. The average molecular weight is 354 g/mol. The first-order valence-corrected chi connectivity index (χ1v) is 10.0. The molecule has 3 rings (SSSR count). The lowest BCUT2D eigenvalue weighted by atomic mass is 9.72. The van der Waals surface area contributed by atoms with E-state index in [1.54, 1.807) is 0 Å². The third kappa shape index (κ3) is 4.35. The molecule has 1 amide bonds. The van der Waals surface area contributed by atoms with Crippen LogP contribution >= 0.6 is 0 Å². The zero-order valence-corrected chi connectivity index (χ0v) is 16.1. The van der Waals surface area contributed by atoms with E-state index in [9.17, 15) is 4.79 Å². The van der Waals surface area contributed by atoms with E-state index < -0.39 is 0 Å². The van der Waals surface area contributed by atoms with E-state index in [1.165, 1.54) is 0 Å². The molecule has 1 N–H and O–H groups in total. The summed E-state index contributed by atoms with van der Waals surface area (Å²) in [6, 6.07) is 0.568. The second-order valence-corrected chi connectivity index (χ2v) is 7.87. The van der Waals surface area contributed by atoms with Gasteiger partial charge in [0, 0.05) is 38.5 Å². The third-order valence-corrected chi connectivity index (χ3v) is 6.41. The van der Waals surface area contributed by atoms with Crippen molar-refractivity contribution in [2.45, 2.75) is 51.4 Å². The highest BCUT2D eigenvalue weighted by molar-refractivity contribution is 5.79. The van der Waals surface area contributed by atoms with Gasteiger partial charge in [0.15, 0.2) is 5.79 Å². The summed E-state index contributed by atoms with van der Waals surface area (Å²) in [6.45, 7) is 10.3. The van der Waals surface area contributed by atoms with Gasteiger partial charge in [0.1, 0.15) is 0 Å². The highest BCUT2D eigenvalue weighted by Gasteiger charge is 2.49. The third-order valence-electron chi connectivity index (χ3n) is 6.41. The Morgan fingerprint density at radius 2 is 2.00 bits per heavy atom. The molecule has 0 aromatic heterocycles. The first-order valence-electron chi connectivity index (χ1n) is 10.0.